The van der Waals surface area contributed by atoms with Gasteiger partial charge in [-0.25, -0.2) is 19.8 Å². The van der Waals surface area contributed by atoms with Gasteiger partial charge in [-0.05, 0) is 73.6 Å². The molecule has 6 atom stereocenters. The lowest BCUT2D eigenvalue weighted by atomic mass is 9.86. The Hall–Kier alpha value is -7.11. The van der Waals surface area contributed by atoms with Crippen LogP contribution in [0.4, 0.5) is 0 Å². The van der Waals surface area contributed by atoms with Crippen molar-refractivity contribution in [3.05, 3.63) is 94.3 Å². The third-order valence-electron chi connectivity index (χ3n) is 12.1. The number of benzene rings is 3. The van der Waals surface area contributed by atoms with Crippen LogP contribution in [0.25, 0.3) is 22.5 Å². The summed E-state index contributed by atoms with van der Waals surface area (Å²) in [6, 6.07) is 13.0. The maximum absolute atomic E-state index is 15.0. The molecule has 13 N–H and O–H groups in total. The van der Waals surface area contributed by atoms with Gasteiger partial charge in [-0.1, -0.05) is 57.2 Å². The minimum Gasteiger partial charge on any atom is -0.490 e. The van der Waals surface area contributed by atoms with E-state index < -0.39 is 82.7 Å². The molecule has 398 valence electrons. The fraction of sp³-hybridized carbons (Fsp3) is 0.440. The number of nitrogens with two attached hydrogens (primary N) is 3. The molecule has 0 saturated heterocycles. The molecule has 6 unspecified atom stereocenters. The van der Waals surface area contributed by atoms with Crippen molar-refractivity contribution in [3.8, 4) is 40.1 Å². The molecule has 24 heteroatoms. The van der Waals surface area contributed by atoms with Crippen molar-refractivity contribution >= 4 is 39.7 Å². The second kappa shape index (κ2) is 25.2. The Bertz CT molecular complexity index is 2830. The van der Waals surface area contributed by atoms with E-state index in [0.717, 1.165) is 10.5 Å². The Morgan fingerprint density at radius 3 is 2.04 bits per heavy atom. The summed E-state index contributed by atoms with van der Waals surface area (Å²) < 4.78 is 38.4. The van der Waals surface area contributed by atoms with E-state index in [1.165, 1.54) is 32.2 Å². The van der Waals surface area contributed by atoms with Crippen LogP contribution in [-0.2, 0) is 41.2 Å². The number of aliphatic hydroxyl groups excluding tert-OH is 2. The van der Waals surface area contributed by atoms with Crippen LogP contribution in [0.1, 0.15) is 78.6 Å². The SMILES string of the molecule is Cc1nc(-c2ccc(C(C)(C)C)cc2)nc(C)c1C(=O)NC(CCNS(N)(=O)=O)C(=O)N(C)C1C(=O)NC(C)C(=O)NC(C(=O)NCC#N)Cc2ccc(OCC(O)CN)c(c2)-c2cc1ccc2OCC(O)CN. The maximum atomic E-state index is 15.0. The molecule has 1 aliphatic rings. The van der Waals surface area contributed by atoms with E-state index in [0.29, 0.717) is 17.0 Å². The highest BCUT2D eigenvalue weighted by Crippen LogP contribution is 2.40. The van der Waals surface area contributed by atoms with Gasteiger partial charge >= 0.3 is 0 Å². The summed E-state index contributed by atoms with van der Waals surface area (Å²) in [5.41, 5.74) is 14.7. The number of nitrogens with one attached hydrogen (secondary N) is 5. The van der Waals surface area contributed by atoms with Gasteiger partial charge in [0.15, 0.2) is 5.82 Å². The Morgan fingerprint density at radius 1 is 0.905 bits per heavy atom. The van der Waals surface area contributed by atoms with Gasteiger partial charge in [-0.15, -0.1) is 0 Å². The van der Waals surface area contributed by atoms with Gasteiger partial charge in [-0.3, -0.25) is 24.0 Å². The van der Waals surface area contributed by atoms with Crippen LogP contribution in [-0.4, -0.2) is 140 Å². The van der Waals surface area contributed by atoms with Crippen LogP contribution < -0.4 is 52.1 Å². The summed E-state index contributed by atoms with van der Waals surface area (Å²) in [5, 5.41) is 45.8. The number of amides is 5. The average molecular weight is 1040 g/mol. The molecule has 5 amide bonds. The summed E-state index contributed by atoms with van der Waals surface area (Å²) >= 11 is 0. The maximum Gasteiger partial charge on any atom is 0.274 e. The Kier molecular flexibility index (Phi) is 19.7. The van der Waals surface area contributed by atoms with Crippen molar-refractivity contribution in [1.82, 2.24) is 40.9 Å². The number of aliphatic hydroxyl groups is 2. The molecule has 5 rings (SSSR count). The zero-order valence-corrected chi connectivity index (χ0v) is 43.2. The van der Waals surface area contributed by atoms with Gasteiger partial charge in [0.2, 0.25) is 23.6 Å². The smallest absolute Gasteiger partial charge is 0.274 e. The summed E-state index contributed by atoms with van der Waals surface area (Å²) in [7, 11) is -3.02. The van der Waals surface area contributed by atoms with E-state index in [2.05, 4.69) is 56.7 Å². The first-order chi connectivity index (χ1) is 34.8. The number of aryl methyl sites for hydroxylation is 2. The van der Waals surface area contributed by atoms with Crippen LogP contribution in [0.2, 0.25) is 0 Å². The Morgan fingerprint density at radius 2 is 1.49 bits per heavy atom. The van der Waals surface area contributed by atoms with Gasteiger partial charge in [0.05, 0.1) is 23.0 Å². The third kappa shape index (κ3) is 15.2. The number of hydrogen-bond donors (Lipinski definition) is 10. The number of aromatic nitrogens is 2. The quantitative estimate of drug-likeness (QED) is 0.0543. The fourth-order valence-corrected chi connectivity index (χ4v) is 8.40. The fourth-order valence-electron chi connectivity index (χ4n) is 8.00. The molecule has 74 heavy (non-hydrogen) atoms. The Balaban J connectivity index is 1.65. The van der Waals surface area contributed by atoms with E-state index in [1.54, 1.807) is 32.0 Å². The number of ether oxygens (including phenoxy) is 2. The molecule has 3 aromatic carbocycles. The molecule has 1 aliphatic heterocycles. The van der Waals surface area contributed by atoms with Crippen molar-refractivity contribution in [3.63, 3.8) is 0 Å². The summed E-state index contributed by atoms with van der Waals surface area (Å²) in [4.78, 5) is 81.7. The second-order valence-corrected chi connectivity index (χ2v) is 20.3. The van der Waals surface area contributed by atoms with Crippen LogP contribution >= 0.6 is 0 Å². The first-order valence-electron chi connectivity index (χ1n) is 23.7. The number of nitriles is 1. The van der Waals surface area contributed by atoms with Crippen LogP contribution in [0.3, 0.4) is 0 Å². The molecule has 0 aliphatic carbocycles. The standard InChI is InChI=1S/C50H66N12O11S/c1-27-42(28(2)58-44(57-27)31-9-12-33(13-10-31)50(4,5)6)47(67)60-38(16-18-56-74(54,70)71)49(69)62(7)43-32-11-15-41(73-26-35(64)24-53)37(22-32)36-20-30(8-14-40(36)72-25-34(63)23-52)21-39(46(66)55-19-17-51)61-45(65)29(3)59-48(43)68/h8-15,20,22,29,34-35,38-39,43,56,63-64H,16,18-19,21,23-26,52-53H2,1-7H3,(H,55,66)(H,59,68)(H,60,67)(H,61,65)(H2,54,70,71). The van der Waals surface area contributed by atoms with Gasteiger partial charge in [0.25, 0.3) is 16.1 Å². The third-order valence-corrected chi connectivity index (χ3v) is 12.7. The van der Waals surface area contributed by atoms with E-state index in [-0.39, 0.29) is 96.2 Å². The predicted molar refractivity (Wildman–Crippen MR) is 273 cm³/mol. The molecule has 0 saturated carbocycles. The van der Waals surface area contributed by atoms with Gasteiger partial charge in [-0.2, -0.15) is 13.7 Å². The number of carbonyl (C=O) groups is 5. The lowest BCUT2D eigenvalue weighted by Gasteiger charge is -2.33. The molecule has 0 radical (unpaired) electrons. The molecule has 1 aromatic heterocycles. The van der Waals surface area contributed by atoms with Crippen LogP contribution in [0.5, 0.6) is 11.5 Å². The topological polar surface area (TPSA) is 369 Å². The highest BCUT2D eigenvalue weighted by Gasteiger charge is 2.37. The number of carbonyl (C=O) groups excluding carboxylic acids is 5. The summed E-state index contributed by atoms with van der Waals surface area (Å²) in [6.07, 6.45) is -2.71. The monoisotopic (exact) mass is 1040 g/mol. The largest absolute Gasteiger partial charge is 0.490 e. The van der Waals surface area contributed by atoms with Crippen molar-refractivity contribution in [2.45, 2.75) is 96.2 Å². The molecular weight excluding hydrogens is 977 g/mol. The highest BCUT2D eigenvalue weighted by atomic mass is 32.2. The average Bonchev–Trinajstić information content (AvgIpc) is 3.34. The molecule has 4 bridgehead atoms. The van der Waals surface area contributed by atoms with Crippen molar-refractivity contribution in [2.75, 3.05) is 46.4 Å². The van der Waals surface area contributed by atoms with Gasteiger partial charge in [0, 0.05) is 49.8 Å². The normalized spacial score (nSPS) is 17.3. The second-order valence-electron chi connectivity index (χ2n) is 18.9. The minimum absolute atomic E-state index is 0.0364. The van der Waals surface area contributed by atoms with E-state index in [9.17, 15) is 43.1 Å². The van der Waals surface area contributed by atoms with Gasteiger partial charge < -0.3 is 57.3 Å². The zero-order chi connectivity index (χ0) is 54.7. The molecule has 23 nitrogen and oxygen atoms in total. The molecule has 0 fully saturated rings. The van der Waals surface area contributed by atoms with Crippen LogP contribution in [0.15, 0.2) is 60.7 Å². The lowest BCUT2D eigenvalue weighted by molar-refractivity contribution is -0.141. The number of likely N-dealkylation sites (N-methyl/N-ethyl adjacent to an activating group) is 1. The number of fused-ring (bicyclic) bond motifs is 5. The first-order valence-corrected chi connectivity index (χ1v) is 25.3. The van der Waals surface area contributed by atoms with Crippen LogP contribution in [0, 0.1) is 25.2 Å². The molecular formula is C50H66N12O11S. The lowest BCUT2D eigenvalue weighted by Crippen LogP contribution is -2.56. The molecule has 0 spiro atoms. The Labute approximate surface area is 430 Å². The molecule has 4 aromatic rings. The van der Waals surface area contributed by atoms with E-state index >= 15 is 4.79 Å². The summed E-state index contributed by atoms with van der Waals surface area (Å²) in [6.45, 7) is 9.15. The van der Waals surface area contributed by atoms with E-state index in [1.807, 2.05) is 30.3 Å². The number of nitrogens with zero attached hydrogens (tertiary/aromatic N) is 4. The van der Waals surface area contributed by atoms with Gasteiger partial charge in [0.1, 0.15) is 67.6 Å². The molecule has 2 heterocycles. The van der Waals surface area contributed by atoms with E-state index in [4.69, 9.17) is 26.1 Å². The van der Waals surface area contributed by atoms with Crippen molar-refractivity contribution in [2.24, 2.45) is 16.6 Å². The zero-order valence-electron chi connectivity index (χ0n) is 42.4. The highest BCUT2D eigenvalue weighted by molar-refractivity contribution is 7.87. The summed E-state index contributed by atoms with van der Waals surface area (Å²) in [5.74, 6) is -3.48. The number of hydrogen-bond acceptors (Lipinski definition) is 16. The predicted octanol–water partition coefficient (Wildman–Crippen LogP) is -0.212. The first kappa shape index (κ1) is 57.8. The minimum atomic E-state index is -4.29. The number of rotatable bonds is 19. The van der Waals surface area contributed by atoms with Crippen molar-refractivity contribution in [1.29, 1.82) is 5.26 Å². The van der Waals surface area contributed by atoms with Crippen molar-refractivity contribution < 1.29 is 52.1 Å².